The van der Waals surface area contributed by atoms with Gasteiger partial charge in [-0.3, -0.25) is 10.1 Å². The Balaban J connectivity index is 1.72. The molecule has 0 bridgehead atoms. The number of carbonyl (C=O) groups is 1. The molecule has 0 saturated heterocycles. The molecule has 0 spiro atoms. The SMILES string of the molecule is Cc1nc(C(c2ccccc2)c2ccccc2)sc1C(=O)NCCCCNC(N)N. The molecule has 3 rings (SSSR count). The molecule has 1 amide bonds. The van der Waals surface area contributed by atoms with E-state index in [1.54, 1.807) is 0 Å². The van der Waals surface area contributed by atoms with Gasteiger partial charge in [0.2, 0.25) is 0 Å². The lowest BCUT2D eigenvalue weighted by molar-refractivity contribution is 0.0956. The molecule has 2 aromatic carbocycles. The lowest BCUT2D eigenvalue weighted by Gasteiger charge is -2.15. The van der Waals surface area contributed by atoms with Crippen LogP contribution in [0, 0.1) is 6.92 Å². The van der Waals surface area contributed by atoms with E-state index in [0.717, 1.165) is 41.2 Å². The van der Waals surface area contributed by atoms with Gasteiger partial charge in [0.15, 0.2) is 0 Å². The van der Waals surface area contributed by atoms with Crippen molar-refractivity contribution in [2.75, 3.05) is 13.1 Å². The topological polar surface area (TPSA) is 106 Å². The highest BCUT2D eigenvalue weighted by Gasteiger charge is 2.23. The van der Waals surface area contributed by atoms with Crippen molar-refractivity contribution in [2.24, 2.45) is 11.5 Å². The fourth-order valence-corrected chi connectivity index (χ4v) is 4.46. The number of aromatic nitrogens is 1. The molecule has 3 aromatic rings. The first kappa shape index (κ1) is 22.1. The number of nitrogens with two attached hydrogens (primary N) is 2. The summed E-state index contributed by atoms with van der Waals surface area (Å²) in [7, 11) is 0. The lowest BCUT2D eigenvalue weighted by atomic mass is 9.92. The molecule has 6 N–H and O–H groups in total. The minimum atomic E-state index is -0.500. The molecule has 30 heavy (non-hydrogen) atoms. The molecule has 0 fully saturated rings. The Morgan fingerprint density at radius 2 is 1.53 bits per heavy atom. The number of carbonyl (C=O) groups excluding carboxylic acids is 1. The van der Waals surface area contributed by atoms with E-state index >= 15 is 0 Å². The molecular formula is C23H29N5OS. The lowest BCUT2D eigenvalue weighted by Crippen LogP contribution is -2.45. The minimum Gasteiger partial charge on any atom is -0.351 e. The minimum absolute atomic E-state index is 0.00388. The van der Waals surface area contributed by atoms with E-state index < -0.39 is 6.29 Å². The molecule has 0 unspecified atom stereocenters. The van der Waals surface area contributed by atoms with Crippen molar-refractivity contribution in [1.29, 1.82) is 0 Å². The summed E-state index contributed by atoms with van der Waals surface area (Å²) in [6.07, 6.45) is 1.25. The molecule has 1 aromatic heterocycles. The van der Waals surface area contributed by atoms with Gasteiger partial charge in [-0.25, -0.2) is 4.98 Å². The average molecular weight is 424 g/mol. The van der Waals surface area contributed by atoms with E-state index in [1.807, 2.05) is 43.3 Å². The van der Waals surface area contributed by atoms with Crippen LogP contribution >= 0.6 is 11.3 Å². The summed E-state index contributed by atoms with van der Waals surface area (Å²) in [5, 5.41) is 6.88. The summed E-state index contributed by atoms with van der Waals surface area (Å²) >= 11 is 1.47. The van der Waals surface area contributed by atoms with Gasteiger partial charge in [-0.1, -0.05) is 60.7 Å². The van der Waals surface area contributed by atoms with Gasteiger partial charge in [-0.05, 0) is 37.4 Å². The molecule has 1 heterocycles. The summed E-state index contributed by atoms with van der Waals surface area (Å²) in [5.74, 6) is -0.0659. The van der Waals surface area contributed by atoms with Gasteiger partial charge in [-0.15, -0.1) is 11.3 Å². The molecule has 0 radical (unpaired) electrons. The number of benzene rings is 2. The van der Waals surface area contributed by atoms with Gasteiger partial charge in [0, 0.05) is 6.54 Å². The maximum Gasteiger partial charge on any atom is 0.263 e. The Bertz CT molecular complexity index is 888. The Hall–Kier alpha value is -2.58. The van der Waals surface area contributed by atoms with Crippen molar-refractivity contribution < 1.29 is 4.79 Å². The van der Waals surface area contributed by atoms with E-state index in [-0.39, 0.29) is 11.8 Å². The predicted molar refractivity (Wildman–Crippen MR) is 122 cm³/mol. The van der Waals surface area contributed by atoms with Gasteiger partial charge in [0.1, 0.15) is 16.2 Å². The van der Waals surface area contributed by atoms with Crippen LogP contribution < -0.4 is 22.1 Å². The highest BCUT2D eigenvalue weighted by Crippen LogP contribution is 2.35. The maximum atomic E-state index is 12.7. The van der Waals surface area contributed by atoms with Gasteiger partial charge >= 0.3 is 0 Å². The zero-order chi connectivity index (χ0) is 21.3. The summed E-state index contributed by atoms with van der Waals surface area (Å²) in [6, 6.07) is 20.6. The van der Waals surface area contributed by atoms with E-state index in [2.05, 4.69) is 34.9 Å². The first-order valence-corrected chi connectivity index (χ1v) is 11.0. The molecule has 158 valence electrons. The van der Waals surface area contributed by atoms with Crippen molar-refractivity contribution in [3.8, 4) is 0 Å². The molecule has 0 aliphatic rings. The van der Waals surface area contributed by atoms with Crippen LogP contribution in [0.1, 0.15) is 50.3 Å². The van der Waals surface area contributed by atoms with Crippen LogP contribution in [0.15, 0.2) is 60.7 Å². The fourth-order valence-electron chi connectivity index (χ4n) is 3.32. The van der Waals surface area contributed by atoms with Gasteiger partial charge in [-0.2, -0.15) is 0 Å². The van der Waals surface area contributed by atoms with Crippen LogP contribution in [0.5, 0.6) is 0 Å². The number of nitrogens with one attached hydrogen (secondary N) is 2. The third-order valence-corrected chi connectivity index (χ3v) is 6.02. The smallest absolute Gasteiger partial charge is 0.263 e. The fraction of sp³-hybridized carbons (Fsp3) is 0.304. The second-order valence-electron chi connectivity index (χ2n) is 7.16. The Labute approximate surface area is 181 Å². The second kappa shape index (κ2) is 11.0. The number of amides is 1. The van der Waals surface area contributed by atoms with Crippen LogP contribution in [-0.4, -0.2) is 30.3 Å². The number of rotatable bonds is 10. The van der Waals surface area contributed by atoms with Gasteiger partial charge in [0.05, 0.1) is 11.6 Å². The number of hydrogen-bond donors (Lipinski definition) is 4. The summed E-state index contributed by atoms with van der Waals surface area (Å²) in [5.41, 5.74) is 14.0. The molecule has 0 aliphatic carbocycles. The highest BCUT2D eigenvalue weighted by atomic mass is 32.1. The number of thiazole rings is 1. The van der Waals surface area contributed by atoms with E-state index in [4.69, 9.17) is 16.5 Å². The van der Waals surface area contributed by atoms with E-state index in [9.17, 15) is 4.79 Å². The van der Waals surface area contributed by atoms with Crippen molar-refractivity contribution in [3.63, 3.8) is 0 Å². The van der Waals surface area contributed by atoms with Gasteiger partial charge < -0.3 is 16.8 Å². The highest BCUT2D eigenvalue weighted by molar-refractivity contribution is 7.14. The average Bonchev–Trinajstić information content (AvgIpc) is 3.13. The quantitative estimate of drug-likeness (QED) is 0.296. The molecule has 0 saturated carbocycles. The number of nitrogens with zero attached hydrogens (tertiary/aromatic N) is 1. The Morgan fingerprint density at radius 1 is 0.967 bits per heavy atom. The molecule has 6 nitrogen and oxygen atoms in total. The normalized spacial score (nSPS) is 11.2. The van der Waals surface area contributed by atoms with Crippen LogP contribution in [0.4, 0.5) is 0 Å². The zero-order valence-corrected chi connectivity index (χ0v) is 18.0. The molecule has 0 aliphatic heterocycles. The Morgan fingerprint density at radius 3 is 2.10 bits per heavy atom. The summed E-state index contributed by atoms with van der Waals surface area (Å²) in [6.45, 7) is 3.23. The van der Waals surface area contributed by atoms with Crippen molar-refractivity contribution in [1.82, 2.24) is 15.6 Å². The first-order valence-electron chi connectivity index (χ1n) is 10.2. The van der Waals surface area contributed by atoms with Crippen LogP contribution in [0.25, 0.3) is 0 Å². The zero-order valence-electron chi connectivity index (χ0n) is 17.2. The first-order chi connectivity index (χ1) is 14.6. The van der Waals surface area contributed by atoms with E-state index in [0.29, 0.717) is 11.4 Å². The number of aryl methyl sites for hydroxylation is 1. The van der Waals surface area contributed by atoms with Crippen LogP contribution in [0.2, 0.25) is 0 Å². The third-order valence-electron chi connectivity index (χ3n) is 4.80. The van der Waals surface area contributed by atoms with Crippen LogP contribution in [0.3, 0.4) is 0 Å². The molecule has 7 heteroatoms. The third kappa shape index (κ3) is 5.96. The second-order valence-corrected chi connectivity index (χ2v) is 8.19. The standard InChI is InChI=1S/C23H29N5OS/c1-16-20(21(29)26-14-8-9-15-27-23(24)25)30-22(28-16)19(17-10-4-2-5-11-17)18-12-6-3-7-13-18/h2-7,10-13,19,23,27H,8-9,14-15,24-25H2,1H3,(H,26,29). The number of hydrogen-bond acceptors (Lipinski definition) is 6. The van der Waals surface area contributed by atoms with E-state index in [1.165, 1.54) is 11.3 Å². The van der Waals surface area contributed by atoms with Crippen molar-refractivity contribution in [3.05, 3.63) is 87.4 Å². The molecule has 0 atom stereocenters. The predicted octanol–water partition coefficient (Wildman–Crippen LogP) is 2.93. The van der Waals surface area contributed by atoms with Crippen molar-refractivity contribution >= 4 is 17.2 Å². The van der Waals surface area contributed by atoms with Crippen molar-refractivity contribution in [2.45, 2.75) is 32.0 Å². The largest absolute Gasteiger partial charge is 0.351 e. The molecular weight excluding hydrogens is 394 g/mol. The van der Waals surface area contributed by atoms with Gasteiger partial charge in [0.25, 0.3) is 5.91 Å². The monoisotopic (exact) mass is 423 g/mol. The summed E-state index contributed by atoms with van der Waals surface area (Å²) in [4.78, 5) is 18.2. The van der Waals surface area contributed by atoms with Crippen LogP contribution in [-0.2, 0) is 0 Å². The maximum absolute atomic E-state index is 12.7. The Kier molecular flexibility index (Phi) is 8.10. The number of unbranched alkanes of at least 4 members (excludes halogenated alkanes) is 1. The summed E-state index contributed by atoms with van der Waals surface area (Å²) < 4.78 is 0.